The molecule has 0 amide bonds. The standard InChI is InChI=1S/C15H23NO2/c1-11(2)18-14-6-4-12(5-7-14)15(3)10-13(16)8-9-17-15/h4-7,11,13H,8-10,16H2,1-3H3. The third kappa shape index (κ3) is 3.03. The van der Waals surface area contributed by atoms with Gasteiger partial charge in [0.1, 0.15) is 5.75 Å². The Labute approximate surface area is 109 Å². The molecule has 0 spiro atoms. The van der Waals surface area contributed by atoms with Gasteiger partial charge in [0, 0.05) is 12.6 Å². The van der Waals surface area contributed by atoms with Crippen molar-refractivity contribution in [2.45, 2.75) is 51.4 Å². The van der Waals surface area contributed by atoms with Crippen molar-refractivity contribution in [1.29, 1.82) is 0 Å². The molecule has 1 saturated heterocycles. The Morgan fingerprint density at radius 3 is 2.56 bits per heavy atom. The molecule has 0 saturated carbocycles. The number of hydrogen-bond donors (Lipinski definition) is 1. The van der Waals surface area contributed by atoms with Crippen LogP contribution in [-0.2, 0) is 10.3 Å². The second-order valence-corrected chi connectivity index (χ2v) is 5.52. The normalized spacial score (nSPS) is 28.4. The van der Waals surface area contributed by atoms with E-state index in [0.717, 1.165) is 25.2 Å². The van der Waals surface area contributed by atoms with E-state index in [1.54, 1.807) is 0 Å². The van der Waals surface area contributed by atoms with Gasteiger partial charge in [-0.05, 0) is 51.3 Å². The zero-order valence-electron chi connectivity index (χ0n) is 11.5. The van der Waals surface area contributed by atoms with Crippen molar-refractivity contribution >= 4 is 0 Å². The first-order chi connectivity index (χ1) is 8.49. The zero-order valence-corrected chi connectivity index (χ0v) is 11.5. The SMILES string of the molecule is CC(C)Oc1ccc(C2(C)CC(N)CCO2)cc1. The van der Waals surface area contributed by atoms with Crippen LogP contribution >= 0.6 is 0 Å². The molecule has 3 nitrogen and oxygen atoms in total. The van der Waals surface area contributed by atoms with Gasteiger partial charge in [0.2, 0.25) is 0 Å². The van der Waals surface area contributed by atoms with Gasteiger partial charge in [0.05, 0.1) is 11.7 Å². The average molecular weight is 249 g/mol. The molecular weight excluding hydrogens is 226 g/mol. The first-order valence-electron chi connectivity index (χ1n) is 6.66. The van der Waals surface area contributed by atoms with Gasteiger partial charge in [-0.2, -0.15) is 0 Å². The Hall–Kier alpha value is -1.06. The van der Waals surface area contributed by atoms with E-state index >= 15 is 0 Å². The van der Waals surface area contributed by atoms with Crippen molar-refractivity contribution in [3.63, 3.8) is 0 Å². The Balaban J connectivity index is 2.13. The summed E-state index contributed by atoms with van der Waals surface area (Å²) in [5.74, 6) is 0.900. The van der Waals surface area contributed by atoms with Crippen LogP contribution in [0.4, 0.5) is 0 Å². The van der Waals surface area contributed by atoms with Gasteiger partial charge in [0.25, 0.3) is 0 Å². The van der Waals surface area contributed by atoms with Crippen LogP contribution in [0.15, 0.2) is 24.3 Å². The molecule has 0 aliphatic carbocycles. The monoisotopic (exact) mass is 249 g/mol. The molecule has 2 atom stereocenters. The second kappa shape index (κ2) is 5.29. The van der Waals surface area contributed by atoms with Crippen molar-refractivity contribution in [3.05, 3.63) is 29.8 Å². The molecule has 1 aromatic carbocycles. The molecule has 0 aromatic heterocycles. The van der Waals surface area contributed by atoms with Gasteiger partial charge in [-0.25, -0.2) is 0 Å². The highest BCUT2D eigenvalue weighted by atomic mass is 16.5. The summed E-state index contributed by atoms with van der Waals surface area (Å²) in [6, 6.07) is 8.40. The fraction of sp³-hybridized carbons (Fsp3) is 0.600. The Kier molecular flexibility index (Phi) is 3.93. The topological polar surface area (TPSA) is 44.5 Å². The third-order valence-corrected chi connectivity index (χ3v) is 3.40. The number of hydrogen-bond acceptors (Lipinski definition) is 3. The van der Waals surface area contributed by atoms with Crippen LogP contribution in [0.1, 0.15) is 39.2 Å². The van der Waals surface area contributed by atoms with E-state index in [1.807, 2.05) is 26.0 Å². The van der Waals surface area contributed by atoms with Gasteiger partial charge >= 0.3 is 0 Å². The van der Waals surface area contributed by atoms with Gasteiger partial charge < -0.3 is 15.2 Å². The smallest absolute Gasteiger partial charge is 0.119 e. The van der Waals surface area contributed by atoms with E-state index in [-0.39, 0.29) is 17.7 Å². The predicted octanol–water partition coefficient (Wildman–Crippen LogP) is 2.83. The summed E-state index contributed by atoms with van der Waals surface area (Å²) in [5.41, 5.74) is 6.96. The van der Waals surface area contributed by atoms with Crippen LogP contribution in [0, 0.1) is 0 Å². The molecule has 0 radical (unpaired) electrons. The lowest BCUT2D eigenvalue weighted by Crippen LogP contribution is -2.40. The summed E-state index contributed by atoms with van der Waals surface area (Å²) in [5, 5.41) is 0. The molecule has 0 bridgehead atoms. The highest BCUT2D eigenvalue weighted by molar-refractivity contribution is 5.31. The van der Waals surface area contributed by atoms with E-state index in [0.29, 0.717) is 0 Å². The number of ether oxygens (including phenoxy) is 2. The van der Waals surface area contributed by atoms with Crippen LogP contribution < -0.4 is 10.5 Å². The van der Waals surface area contributed by atoms with Crippen LogP contribution in [0.5, 0.6) is 5.75 Å². The van der Waals surface area contributed by atoms with Crippen LogP contribution in [0.3, 0.4) is 0 Å². The lowest BCUT2D eigenvalue weighted by Gasteiger charge is -2.37. The van der Waals surface area contributed by atoms with Crippen molar-refractivity contribution in [1.82, 2.24) is 0 Å². The predicted molar refractivity (Wildman–Crippen MR) is 72.7 cm³/mol. The van der Waals surface area contributed by atoms with E-state index in [9.17, 15) is 0 Å². The minimum absolute atomic E-state index is 0.200. The highest BCUT2D eigenvalue weighted by Crippen LogP contribution is 2.34. The Bertz CT molecular complexity index is 388. The maximum absolute atomic E-state index is 6.04. The first kappa shape index (κ1) is 13.4. The van der Waals surface area contributed by atoms with Gasteiger partial charge in [0.15, 0.2) is 0 Å². The molecule has 1 fully saturated rings. The second-order valence-electron chi connectivity index (χ2n) is 5.52. The first-order valence-corrected chi connectivity index (χ1v) is 6.66. The van der Waals surface area contributed by atoms with Crippen LogP contribution in [-0.4, -0.2) is 18.8 Å². The maximum atomic E-state index is 6.04. The Morgan fingerprint density at radius 2 is 2.00 bits per heavy atom. The van der Waals surface area contributed by atoms with Gasteiger partial charge in [-0.3, -0.25) is 0 Å². The molecule has 1 aromatic rings. The summed E-state index contributed by atoms with van der Waals surface area (Å²) in [4.78, 5) is 0. The molecule has 100 valence electrons. The summed E-state index contributed by atoms with van der Waals surface area (Å²) in [7, 11) is 0. The summed E-state index contributed by atoms with van der Waals surface area (Å²) >= 11 is 0. The molecule has 2 N–H and O–H groups in total. The van der Waals surface area contributed by atoms with Crippen molar-refractivity contribution in [3.8, 4) is 5.75 Å². The van der Waals surface area contributed by atoms with Crippen molar-refractivity contribution in [2.75, 3.05) is 6.61 Å². The molecule has 1 aliphatic heterocycles. The number of rotatable bonds is 3. The van der Waals surface area contributed by atoms with E-state index in [4.69, 9.17) is 15.2 Å². The average Bonchev–Trinajstić information content (AvgIpc) is 2.28. The molecule has 2 unspecified atom stereocenters. The molecule has 3 heteroatoms. The minimum Gasteiger partial charge on any atom is -0.491 e. The summed E-state index contributed by atoms with van der Waals surface area (Å²) in [6.45, 7) is 6.91. The molecule has 1 aliphatic rings. The van der Waals surface area contributed by atoms with Gasteiger partial charge in [-0.1, -0.05) is 12.1 Å². The highest BCUT2D eigenvalue weighted by Gasteiger charge is 2.33. The van der Waals surface area contributed by atoms with E-state index in [2.05, 4.69) is 19.1 Å². The van der Waals surface area contributed by atoms with E-state index < -0.39 is 0 Å². The summed E-state index contributed by atoms with van der Waals surface area (Å²) in [6.07, 6.45) is 2.02. The molecule has 2 rings (SSSR count). The molecular formula is C15H23NO2. The zero-order chi connectivity index (χ0) is 13.2. The van der Waals surface area contributed by atoms with Crippen molar-refractivity contribution in [2.24, 2.45) is 5.73 Å². The van der Waals surface area contributed by atoms with Crippen LogP contribution in [0.2, 0.25) is 0 Å². The Morgan fingerprint density at radius 1 is 1.33 bits per heavy atom. The van der Waals surface area contributed by atoms with E-state index in [1.165, 1.54) is 5.56 Å². The molecule has 18 heavy (non-hydrogen) atoms. The maximum Gasteiger partial charge on any atom is 0.119 e. The number of benzene rings is 1. The quantitative estimate of drug-likeness (QED) is 0.896. The van der Waals surface area contributed by atoms with Crippen molar-refractivity contribution < 1.29 is 9.47 Å². The fourth-order valence-corrected chi connectivity index (χ4v) is 2.46. The van der Waals surface area contributed by atoms with Crippen LogP contribution in [0.25, 0.3) is 0 Å². The minimum atomic E-state index is -0.256. The number of nitrogens with two attached hydrogens (primary N) is 1. The molecule has 1 heterocycles. The fourth-order valence-electron chi connectivity index (χ4n) is 2.46. The third-order valence-electron chi connectivity index (χ3n) is 3.40. The largest absolute Gasteiger partial charge is 0.491 e. The van der Waals surface area contributed by atoms with Gasteiger partial charge in [-0.15, -0.1) is 0 Å². The lowest BCUT2D eigenvalue weighted by molar-refractivity contribution is -0.0766. The lowest BCUT2D eigenvalue weighted by atomic mass is 9.86. The summed E-state index contributed by atoms with van der Waals surface area (Å²) < 4.78 is 11.6.